The highest BCUT2D eigenvalue weighted by atomic mass is 16.4. The lowest BCUT2D eigenvalue weighted by Crippen LogP contribution is -2.29. The Hall–Kier alpha value is -1.10. The van der Waals surface area contributed by atoms with Gasteiger partial charge in [-0.3, -0.25) is 9.59 Å². The molecule has 0 saturated carbocycles. The van der Waals surface area contributed by atoms with Crippen LogP contribution in [0.3, 0.4) is 0 Å². The van der Waals surface area contributed by atoms with Crippen LogP contribution in [0, 0.1) is 0 Å². The Balaban J connectivity index is 3.30. The third-order valence-corrected chi connectivity index (χ3v) is 0.999. The van der Waals surface area contributed by atoms with E-state index in [1.165, 1.54) is 0 Å². The minimum absolute atomic E-state index is 0.0551. The van der Waals surface area contributed by atoms with Gasteiger partial charge in [0.25, 0.3) is 0 Å². The molecule has 0 heterocycles. The van der Waals surface area contributed by atoms with E-state index >= 15 is 0 Å². The Morgan fingerprint density at radius 2 is 2.00 bits per heavy atom. The first-order chi connectivity index (χ1) is 5.16. The second-order valence-corrected chi connectivity index (χ2v) is 2.00. The minimum atomic E-state index is -1.07. The van der Waals surface area contributed by atoms with E-state index in [0.717, 1.165) is 0 Å². The number of aliphatic carboxylic acids is 1. The summed E-state index contributed by atoms with van der Waals surface area (Å²) in [4.78, 5) is 20.5. The number of hydrogen-bond acceptors (Lipinski definition) is 3. The predicted molar refractivity (Wildman–Crippen MR) is 37.0 cm³/mol. The molecule has 0 aromatic heterocycles. The van der Waals surface area contributed by atoms with E-state index in [1.807, 2.05) is 0 Å². The van der Waals surface area contributed by atoms with Crippen LogP contribution in [0.4, 0.5) is 0 Å². The van der Waals surface area contributed by atoms with Crippen LogP contribution in [0.2, 0.25) is 0 Å². The summed E-state index contributed by atoms with van der Waals surface area (Å²) in [5, 5.41) is 18.6. The van der Waals surface area contributed by atoms with Gasteiger partial charge >= 0.3 is 5.97 Å². The molecule has 5 heteroatoms. The molecule has 0 aliphatic rings. The molecule has 0 bridgehead atoms. The third-order valence-electron chi connectivity index (χ3n) is 0.999. The van der Waals surface area contributed by atoms with Gasteiger partial charge in [0.1, 0.15) is 6.54 Å². The third kappa shape index (κ3) is 6.79. The summed E-state index contributed by atoms with van der Waals surface area (Å²) in [6.07, 6.45) is 0.537. The monoisotopic (exact) mass is 161 g/mol. The van der Waals surface area contributed by atoms with Crippen LogP contribution >= 0.6 is 0 Å². The number of carbonyl (C=O) groups is 2. The topological polar surface area (TPSA) is 86.6 Å². The van der Waals surface area contributed by atoms with Gasteiger partial charge in [-0.15, -0.1) is 0 Å². The fourth-order valence-corrected chi connectivity index (χ4v) is 0.502. The van der Waals surface area contributed by atoms with Gasteiger partial charge in [-0.1, -0.05) is 0 Å². The molecule has 0 aliphatic heterocycles. The highest BCUT2D eigenvalue weighted by Crippen LogP contribution is 1.85. The molecule has 0 rings (SSSR count). The van der Waals surface area contributed by atoms with E-state index in [9.17, 15) is 9.59 Å². The van der Waals surface area contributed by atoms with Crippen LogP contribution in [0.5, 0.6) is 0 Å². The maximum Gasteiger partial charge on any atom is 0.322 e. The van der Waals surface area contributed by atoms with Crippen LogP contribution < -0.4 is 5.32 Å². The molecule has 3 N–H and O–H groups in total. The number of aliphatic hydroxyl groups excluding tert-OH is 1. The Morgan fingerprint density at radius 1 is 1.36 bits per heavy atom. The van der Waals surface area contributed by atoms with Crippen LogP contribution in [0.1, 0.15) is 12.8 Å². The number of rotatable bonds is 5. The van der Waals surface area contributed by atoms with E-state index in [-0.39, 0.29) is 25.5 Å². The van der Waals surface area contributed by atoms with Gasteiger partial charge in [0.15, 0.2) is 0 Å². The highest BCUT2D eigenvalue weighted by molar-refractivity contribution is 5.80. The van der Waals surface area contributed by atoms with E-state index < -0.39 is 5.97 Å². The smallest absolute Gasteiger partial charge is 0.322 e. The fraction of sp³-hybridized carbons (Fsp3) is 0.667. The van der Waals surface area contributed by atoms with Gasteiger partial charge < -0.3 is 15.5 Å². The Bertz CT molecular complexity index is 146. The largest absolute Gasteiger partial charge is 0.480 e. The van der Waals surface area contributed by atoms with Crippen molar-refractivity contribution < 1.29 is 19.8 Å². The van der Waals surface area contributed by atoms with Crippen molar-refractivity contribution in [3.8, 4) is 0 Å². The van der Waals surface area contributed by atoms with Gasteiger partial charge in [-0.2, -0.15) is 0 Å². The van der Waals surface area contributed by atoms with Crippen molar-refractivity contribution in [1.82, 2.24) is 5.32 Å². The summed E-state index contributed by atoms with van der Waals surface area (Å²) in [7, 11) is 0. The first-order valence-corrected chi connectivity index (χ1v) is 3.26. The maximum absolute atomic E-state index is 10.6. The van der Waals surface area contributed by atoms with E-state index in [1.54, 1.807) is 0 Å². The molecule has 0 aliphatic carbocycles. The molecule has 1 amide bonds. The summed E-state index contributed by atoms with van der Waals surface area (Å²) in [6, 6.07) is 0. The van der Waals surface area contributed by atoms with Crippen molar-refractivity contribution in [3.63, 3.8) is 0 Å². The lowest BCUT2D eigenvalue weighted by atomic mass is 10.3. The minimum Gasteiger partial charge on any atom is -0.480 e. The van der Waals surface area contributed by atoms with Crippen LogP contribution in [0.15, 0.2) is 0 Å². The van der Waals surface area contributed by atoms with Crippen molar-refractivity contribution in [2.75, 3.05) is 13.2 Å². The lowest BCUT2D eigenvalue weighted by molar-refractivity contribution is -0.137. The Morgan fingerprint density at radius 3 is 2.45 bits per heavy atom. The predicted octanol–water partition coefficient (Wildman–Crippen LogP) is -1.04. The van der Waals surface area contributed by atoms with Crippen molar-refractivity contribution in [3.05, 3.63) is 0 Å². The number of carboxylic acid groups (broad SMARTS) is 1. The molecule has 64 valence electrons. The first-order valence-electron chi connectivity index (χ1n) is 3.26. The number of amides is 1. The highest BCUT2D eigenvalue weighted by Gasteiger charge is 2.01. The zero-order valence-corrected chi connectivity index (χ0v) is 6.04. The van der Waals surface area contributed by atoms with Crippen LogP contribution in [-0.4, -0.2) is 35.2 Å². The molecule has 0 saturated heterocycles. The normalized spacial score (nSPS) is 9.18. The van der Waals surface area contributed by atoms with E-state index in [0.29, 0.717) is 6.42 Å². The summed E-state index contributed by atoms with van der Waals surface area (Å²) in [5.41, 5.74) is 0. The summed E-state index contributed by atoms with van der Waals surface area (Å²) in [5.74, 6) is -1.41. The first kappa shape index (κ1) is 9.90. The van der Waals surface area contributed by atoms with Gasteiger partial charge in [0.05, 0.1) is 0 Å². The zero-order chi connectivity index (χ0) is 8.69. The van der Waals surface area contributed by atoms with Crippen molar-refractivity contribution in [2.45, 2.75) is 12.8 Å². The second-order valence-electron chi connectivity index (χ2n) is 2.00. The molecule has 0 aromatic carbocycles. The Labute approximate surface area is 64.0 Å². The quantitative estimate of drug-likeness (QED) is 0.480. The molecule has 0 aromatic rings. The Kier molecular flexibility index (Phi) is 5.10. The standard InChI is InChI=1S/C6H11NO4/c8-3-1-2-5(9)7-4-6(10)11/h8H,1-4H2,(H,7,9)(H,10,11). The number of nitrogens with one attached hydrogen (secondary N) is 1. The molecule has 0 fully saturated rings. The average Bonchev–Trinajstić information content (AvgIpc) is 1.97. The molecule has 0 spiro atoms. The van der Waals surface area contributed by atoms with Gasteiger partial charge in [0, 0.05) is 13.0 Å². The fourth-order valence-electron chi connectivity index (χ4n) is 0.502. The second kappa shape index (κ2) is 5.67. The molecule has 0 unspecified atom stereocenters. The number of hydrogen-bond donors (Lipinski definition) is 3. The maximum atomic E-state index is 10.6. The average molecular weight is 161 g/mol. The van der Waals surface area contributed by atoms with Crippen molar-refractivity contribution in [1.29, 1.82) is 0 Å². The molecule has 0 atom stereocenters. The molecular formula is C6H11NO4. The molecule has 5 nitrogen and oxygen atoms in total. The SMILES string of the molecule is O=C(O)CNC(=O)CCCO. The number of carbonyl (C=O) groups excluding carboxylic acids is 1. The van der Waals surface area contributed by atoms with Crippen LogP contribution in [-0.2, 0) is 9.59 Å². The number of aliphatic hydroxyl groups is 1. The van der Waals surface area contributed by atoms with Gasteiger partial charge in [-0.25, -0.2) is 0 Å². The molecule has 0 radical (unpaired) electrons. The van der Waals surface area contributed by atoms with Gasteiger partial charge in [0.2, 0.25) is 5.91 Å². The van der Waals surface area contributed by atoms with Crippen LogP contribution in [0.25, 0.3) is 0 Å². The summed E-state index contributed by atoms with van der Waals surface area (Å²) >= 11 is 0. The van der Waals surface area contributed by atoms with Crippen molar-refractivity contribution in [2.24, 2.45) is 0 Å². The van der Waals surface area contributed by atoms with Gasteiger partial charge in [-0.05, 0) is 6.42 Å². The summed E-state index contributed by atoms with van der Waals surface area (Å²) in [6.45, 7) is -0.412. The zero-order valence-electron chi connectivity index (χ0n) is 6.04. The molecule has 11 heavy (non-hydrogen) atoms. The van der Waals surface area contributed by atoms with Crippen molar-refractivity contribution >= 4 is 11.9 Å². The summed E-state index contributed by atoms with van der Waals surface area (Å²) < 4.78 is 0. The molecular weight excluding hydrogens is 150 g/mol. The van der Waals surface area contributed by atoms with E-state index in [4.69, 9.17) is 10.2 Å². The number of carboxylic acids is 1. The van der Waals surface area contributed by atoms with E-state index in [2.05, 4.69) is 5.32 Å². The lowest BCUT2D eigenvalue weighted by Gasteiger charge is -1.99.